The van der Waals surface area contributed by atoms with Gasteiger partial charge in [-0.15, -0.1) is 0 Å². The van der Waals surface area contributed by atoms with Crippen LogP contribution in [0.2, 0.25) is 0 Å². The highest BCUT2D eigenvalue weighted by molar-refractivity contribution is 5.91. The van der Waals surface area contributed by atoms with Crippen molar-refractivity contribution < 1.29 is 9.53 Å². The van der Waals surface area contributed by atoms with E-state index in [-0.39, 0.29) is 5.91 Å². The van der Waals surface area contributed by atoms with Gasteiger partial charge in [0.2, 0.25) is 5.91 Å². The van der Waals surface area contributed by atoms with Crippen LogP contribution in [0.25, 0.3) is 0 Å². The molecule has 2 N–H and O–H groups in total. The van der Waals surface area contributed by atoms with Crippen LogP contribution in [-0.4, -0.2) is 19.1 Å². The van der Waals surface area contributed by atoms with Crippen LogP contribution >= 0.6 is 0 Å². The van der Waals surface area contributed by atoms with E-state index in [2.05, 4.69) is 6.92 Å². The molecule has 0 aromatic heterocycles. The van der Waals surface area contributed by atoms with E-state index in [0.717, 1.165) is 13.0 Å². The summed E-state index contributed by atoms with van der Waals surface area (Å²) >= 11 is 0. The number of nitrogens with two attached hydrogens (primary N) is 1. The third-order valence-electron chi connectivity index (χ3n) is 2.04. The van der Waals surface area contributed by atoms with Crippen LogP contribution in [0.15, 0.2) is 11.6 Å². The fourth-order valence-electron chi connectivity index (χ4n) is 0.999. The minimum absolute atomic E-state index is 0.375. The maximum absolute atomic E-state index is 10.6. The summed E-state index contributed by atoms with van der Waals surface area (Å²) in [4.78, 5) is 10.6. The minimum Gasteiger partial charge on any atom is -0.377 e. The Labute approximate surface area is 86.3 Å². The molecule has 82 valence electrons. The molecule has 0 heterocycles. The topological polar surface area (TPSA) is 52.3 Å². The van der Waals surface area contributed by atoms with Crippen molar-refractivity contribution in [3.8, 4) is 0 Å². The number of ether oxygens (including phenoxy) is 1. The van der Waals surface area contributed by atoms with Crippen LogP contribution in [0.5, 0.6) is 0 Å². The Morgan fingerprint density at radius 3 is 2.64 bits per heavy atom. The highest BCUT2D eigenvalue weighted by Gasteiger charge is 1.95. The number of hydrogen-bond acceptors (Lipinski definition) is 2. The third kappa shape index (κ3) is 7.80. The zero-order chi connectivity index (χ0) is 10.8. The van der Waals surface area contributed by atoms with E-state index in [1.54, 1.807) is 13.0 Å². The largest absolute Gasteiger partial charge is 0.377 e. The van der Waals surface area contributed by atoms with Crippen molar-refractivity contribution in [2.45, 2.75) is 39.5 Å². The molecular formula is C11H21NO2. The van der Waals surface area contributed by atoms with E-state index in [1.807, 2.05) is 0 Å². The molecule has 0 bridgehead atoms. The summed E-state index contributed by atoms with van der Waals surface area (Å²) in [6, 6.07) is 0. The molecule has 0 atom stereocenters. The van der Waals surface area contributed by atoms with Gasteiger partial charge in [0.05, 0.1) is 6.61 Å². The van der Waals surface area contributed by atoms with Crippen LogP contribution in [0.4, 0.5) is 0 Å². The summed E-state index contributed by atoms with van der Waals surface area (Å²) in [6.07, 6.45) is 6.54. The lowest BCUT2D eigenvalue weighted by molar-refractivity contribution is -0.114. The van der Waals surface area contributed by atoms with Gasteiger partial charge in [0.15, 0.2) is 0 Å². The highest BCUT2D eigenvalue weighted by atomic mass is 16.5. The molecule has 0 spiro atoms. The molecule has 0 aromatic rings. The van der Waals surface area contributed by atoms with E-state index < -0.39 is 0 Å². The summed E-state index contributed by atoms with van der Waals surface area (Å²) in [5.74, 6) is -0.375. The van der Waals surface area contributed by atoms with Crippen molar-refractivity contribution in [1.29, 1.82) is 0 Å². The molecule has 0 radical (unpaired) electrons. The molecule has 0 fully saturated rings. The van der Waals surface area contributed by atoms with E-state index in [9.17, 15) is 4.79 Å². The van der Waals surface area contributed by atoms with Crippen molar-refractivity contribution in [3.05, 3.63) is 11.6 Å². The molecule has 0 aliphatic rings. The van der Waals surface area contributed by atoms with Crippen molar-refractivity contribution in [2.75, 3.05) is 13.2 Å². The van der Waals surface area contributed by atoms with Gasteiger partial charge in [0.25, 0.3) is 0 Å². The van der Waals surface area contributed by atoms with Crippen molar-refractivity contribution in [1.82, 2.24) is 0 Å². The second kappa shape index (κ2) is 8.75. The van der Waals surface area contributed by atoms with Gasteiger partial charge in [-0.3, -0.25) is 4.79 Å². The Balaban J connectivity index is 3.29. The average Bonchev–Trinajstić information content (AvgIpc) is 2.16. The normalized spacial score (nSPS) is 11.7. The molecule has 0 unspecified atom stereocenters. The summed E-state index contributed by atoms with van der Waals surface area (Å²) in [7, 11) is 0. The van der Waals surface area contributed by atoms with E-state index in [0.29, 0.717) is 12.2 Å². The third-order valence-corrected chi connectivity index (χ3v) is 2.04. The summed E-state index contributed by atoms with van der Waals surface area (Å²) in [5, 5.41) is 0. The molecule has 0 aromatic carbocycles. The first kappa shape index (κ1) is 13.2. The van der Waals surface area contributed by atoms with E-state index in [4.69, 9.17) is 10.5 Å². The Bertz CT molecular complexity index is 188. The van der Waals surface area contributed by atoms with Crippen LogP contribution in [0, 0.1) is 0 Å². The minimum atomic E-state index is -0.375. The monoisotopic (exact) mass is 199 g/mol. The van der Waals surface area contributed by atoms with Gasteiger partial charge in [0.1, 0.15) is 0 Å². The summed E-state index contributed by atoms with van der Waals surface area (Å²) < 4.78 is 5.32. The van der Waals surface area contributed by atoms with Gasteiger partial charge in [-0.2, -0.15) is 0 Å². The molecule has 0 aliphatic carbocycles. The van der Waals surface area contributed by atoms with Crippen LogP contribution < -0.4 is 5.73 Å². The predicted molar refractivity (Wildman–Crippen MR) is 57.9 cm³/mol. The van der Waals surface area contributed by atoms with Crippen LogP contribution in [0.3, 0.4) is 0 Å². The van der Waals surface area contributed by atoms with Gasteiger partial charge < -0.3 is 10.5 Å². The first-order valence-electron chi connectivity index (χ1n) is 5.22. The van der Waals surface area contributed by atoms with Crippen molar-refractivity contribution in [2.24, 2.45) is 5.73 Å². The maximum atomic E-state index is 10.6. The molecule has 1 amide bonds. The molecule has 0 saturated heterocycles. The Morgan fingerprint density at radius 1 is 1.36 bits per heavy atom. The molecule has 3 nitrogen and oxygen atoms in total. The van der Waals surface area contributed by atoms with Gasteiger partial charge in [-0.05, 0) is 13.3 Å². The van der Waals surface area contributed by atoms with Gasteiger partial charge in [-0.25, -0.2) is 0 Å². The zero-order valence-electron chi connectivity index (χ0n) is 9.21. The van der Waals surface area contributed by atoms with Crippen molar-refractivity contribution in [3.63, 3.8) is 0 Å². The molecular weight excluding hydrogens is 178 g/mol. The summed E-state index contributed by atoms with van der Waals surface area (Å²) in [6.45, 7) is 5.13. The number of unbranched alkanes of at least 4 members (excludes halogenated alkanes) is 3. The Hall–Kier alpha value is -0.830. The Kier molecular flexibility index (Phi) is 8.24. The van der Waals surface area contributed by atoms with Crippen LogP contribution in [-0.2, 0) is 9.53 Å². The summed E-state index contributed by atoms with van der Waals surface area (Å²) in [5.41, 5.74) is 5.62. The van der Waals surface area contributed by atoms with Gasteiger partial charge in [-0.1, -0.05) is 32.3 Å². The maximum Gasteiger partial charge on any atom is 0.244 e. The standard InChI is InChI=1S/C11H21NO2/c1-3-4-5-6-8-14-9-7-10(2)11(12)13/h7H,3-6,8-9H2,1-2H3,(H2,12,13). The second-order valence-electron chi connectivity index (χ2n) is 3.39. The van der Waals surface area contributed by atoms with Gasteiger partial charge in [0, 0.05) is 12.2 Å². The lowest BCUT2D eigenvalue weighted by atomic mass is 10.2. The first-order chi connectivity index (χ1) is 6.68. The number of primary amides is 1. The van der Waals surface area contributed by atoms with Crippen molar-refractivity contribution >= 4 is 5.91 Å². The highest BCUT2D eigenvalue weighted by Crippen LogP contribution is 1.99. The fraction of sp³-hybridized carbons (Fsp3) is 0.727. The molecule has 0 saturated carbocycles. The number of rotatable bonds is 8. The second-order valence-corrected chi connectivity index (χ2v) is 3.39. The smallest absolute Gasteiger partial charge is 0.244 e. The van der Waals surface area contributed by atoms with Gasteiger partial charge >= 0.3 is 0 Å². The lowest BCUT2D eigenvalue weighted by Gasteiger charge is -2.01. The number of carbonyl (C=O) groups excluding carboxylic acids is 1. The number of amides is 1. The zero-order valence-corrected chi connectivity index (χ0v) is 9.21. The molecule has 3 heteroatoms. The quantitative estimate of drug-likeness (QED) is 0.480. The Morgan fingerprint density at radius 2 is 2.07 bits per heavy atom. The fourth-order valence-corrected chi connectivity index (χ4v) is 0.999. The first-order valence-corrected chi connectivity index (χ1v) is 5.22. The number of carbonyl (C=O) groups is 1. The lowest BCUT2D eigenvalue weighted by Crippen LogP contribution is -2.12. The average molecular weight is 199 g/mol. The molecule has 0 rings (SSSR count). The molecule has 14 heavy (non-hydrogen) atoms. The SMILES string of the molecule is CCCCCCOCC=C(C)C(N)=O. The van der Waals surface area contributed by atoms with E-state index in [1.165, 1.54) is 19.3 Å². The number of hydrogen-bond donors (Lipinski definition) is 1. The van der Waals surface area contributed by atoms with Crippen LogP contribution in [0.1, 0.15) is 39.5 Å². The predicted octanol–water partition coefficient (Wildman–Crippen LogP) is 2.01. The van der Waals surface area contributed by atoms with E-state index >= 15 is 0 Å². The molecule has 0 aliphatic heterocycles.